The van der Waals surface area contributed by atoms with Crippen LogP contribution in [0.4, 0.5) is 5.69 Å². The van der Waals surface area contributed by atoms with Crippen molar-refractivity contribution in [3.05, 3.63) is 124 Å². The molecule has 0 aliphatic carbocycles. The van der Waals surface area contributed by atoms with Crippen molar-refractivity contribution in [2.75, 3.05) is 24.5 Å². The quantitative estimate of drug-likeness (QED) is 0.140. The molecule has 0 radical (unpaired) electrons. The number of nitrogens with one attached hydrogen (secondary N) is 1. The molecule has 4 aromatic rings. The molecule has 0 saturated heterocycles. The summed E-state index contributed by atoms with van der Waals surface area (Å²) in [7, 11) is -2.74. The number of methoxy groups -OCH3 is 1. The normalized spacial score (nSPS) is 11.8. The summed E-state index contributed by atoms with van der Waals surface area (Å²) in [6.07, 6.45) is 1.86. The number of sulfonamides is 1. The highest BCUT2D eigenvalue weighted by Crippen LogP contribution is 2.33. The van der Waals surface area contributed by atoms with Gasteiger partial charge in [-0.2, -0.15) is 0 Å². The van der Waals surface area contributed by atoms with Gasteiger partial charge in [0.05, 0.1) is 22.7 Å². The Balaban J connectivity index is 1.81. The molecular formula is C35H37Cl2N3O5S. The van der Waals surface area contributed by atoms with E-state index in [9.17, 15) is 18.0 Å². The zero-order valence-corrected chi connectivity index (χ0v) is 28.1. The molecule has 4 rings (SSSR count). The maximum absolute atomic E-state index is 14.5. The van der Waals surface area contributed by atoms with Gasteiger partial charge in [0.1, 0.15) is 18.3 Å². The number of hydrogen-bond donors (Lipinski definition) is 1. The number of rotatable bonds is 15. The summed E-state index contributed by atoms with van der Waals surface area (Å²) in [6.45, 7) is 1.85. The first-order chi connectivity index (χ1) is 22.1. The Morgan fingerprint density at radius 1 is 0.870 bits per heavy atom. The first kappa shape index (κ1) is 34.8. The summed E-state index contributed by atoms with van der Waals surface area (Å²) in [5.41, 5.74) is 1.63. The number of carbonyl (C=O) groups is 2. The molecule has 46 heavy (non-hydrogen) atoms. The highest BCUT2D eigenvalue weighted by molar-refractivity contribution is 7.92. The van der Waals surface area contributed by atoms with Crippen molar-refractivity contribution in [2.45, 2.75) is 43.7 Å². The number of unbranched alkanes of at least 4 members (excludes halogenated alkanes) is 1. The zero-order valence-electron chi connectivity index (χ0n) is 25.7. The molecule has 1 N–H and O–H groups in total. The number of amides is 2. The number of carbonyl (C=O) groups excluding carboxylic acids is 2. The van der Waals surface area contributed by atoms with Gasteiger partial charge in [0.2, 0.25) is 11.8 Å². The topological polar surface area (TPSA) is 96.0 Å². The van der Waals surface area contributed by atoms with E-state index in [1.807, 2.05) is 43.3 Å². The first-order valence-electron chi connectivity index (χ1n) is 14.9. The lowest BCUT2D eigenvalue weighted by molar-refractivity contribution is -0.140. The fourth-order valence-electron chi connectivity index (χ4n) is 4.94. The van der Waals surface area contributed by atoms with E-state index < -0.39 is 28.5 Å². The van der Waals surface area contributed by atoms with Gasteiger partial charge >= 0.3 is 0 Å². The van der Waals surface area contributed by atoms with Crippen LogP contribution in [0.15, 0.2) is 108 Å². The van der Waals surface area contributed by atoms with E-state index >= 15 is 0 Å². The molecule has 0 aromatic heterocycles. The van der Waals surface area contributed by atoms with E-state index in [0.717, 1.165) is 22.7 Å². The molecule has 1 unspecified atom stereocenters. The second-order valence-corrected chi connectivity index (χ2v) is 13.3. The molecule has 0 aliphatic rings. The van der Waals surface area contributed by atoms with Crippen LogP contribution in [0.25, 0.3) is 0 Å². The molecule has 242 valence electrons. The van der Waals surface area contributed by atoms with Gasteiger partial charge in [-0.3, -0.25) is 13.9 Å². The number of halogens is 2. The summed E-state index contributed by atoms with van der Waals surface area (Å²) >= 11 is 12.7. The van der Waals surface area contributed by atoms with Crippen LogP contribution in [-0.4, -0.2) is 51.4 Å². The molecule has 0 aliphatic heterocycles. The van der Waals surface area contributed by atoms with Gasteiger partial charge in [-0.25, -0.2) is 8.42 Å². The molecule has 8 nitrogen and oxygen atoms in total. The second kappa shape index (κ2) is 16.5. The number of anilines is 1. The largest absolute Gasteiger partial charge is 0.497 e. The van der Waals surface area contributed by atoms with Crippen molar-refractivity contribution in [1.29, 1.82) is 0 Å². The third-order valence-corrected chi connectivity index (χ3v) is 9.69. The van der Waals surface area contributed by atoms with Crippen molar-refractivity contribution in [2.24, 2.45) is 0 Å². The SMILES string of the molecule is CCCCNC(=O)C(Cc1ccccc1)N(Cc1cccc(OC)c1)C(=O)CN(c1ccc(Cl)cc1Cl)S(=O)(=O)c1ccccc1. The molecule has 4 aromatic carbocycles. The van der Waals surface area contributed by atoms with Gasteiger partial charge in [-0.15, -0.1) is 0 Å². The van der Waals surface area contributed by atoms with E-state index in [2.05, 4.69) is 5.32 Å². The summed E-state index contributed by atoms with van der Waals surface area (Å²) in [4.78, 5) is 29.8. The molecule has 0 fully saturated rings. The molecule has 0 bridgehead atoms. The van der Waals surface area contributed by atoms with E-state index in [1.54, 1.807) is 43.5 Å². The first-order valence-corrected chi connectivity index (χ1v) is 17.1. The van der Waals surface area contributed by atoms with Crippen LogP contribution < -0.4 is 14.4 Å². The lowest BCUT2D eigenvalue weighted by Gasteiger charge is -2.34. The van der Waals surface area contributed by atoms with Crippen molar-refractivity contribution in [1.82, 2.24) is 10.2 Å². The Kier molecular flexibility index (Phi) is 12.5. The van der Waals surface area contributed by atoms with Gasteiger partial charge in [-0.05, 0) is 60.0 Å². The highest BCUT2D eigenvalue weighted by atomic mass is 35.5. The van der Waals surface area contributed by atoms with Crippen molar-refractivity contribution in [3.63, 3.8) is 0 Å². The van der Waals surface area contributed by atoms with Crippen LogP contribution in [0, 0.1) is 0 Å². The van der Waals surface area contributed by atoms with Gasteiger partial charge in [0, 0.05) is 24.5 Å². The van der Waals surface area contributed by atoms with Crippen LogP contribution in [0.5, 0.6) is 5.75 Å². The number of hydrogen-bond acceptors (Lipinski definition) is 5. The maximum atomic E-state index is 14.5. The molecule has 1 atom stereocenters. The van der Waals surface area contributed by atoms with Crippen LogP contribution >= 0.6 is 23.2 Å². The molecule has 0 spiro atoms. The predicted molar refractivity (Wildman–Crippen MR) is 183 cm³/mol. The maximum Gasteiger partial charge on any atom is 0.264 e. The Hall–Kier alpha value is -4.05. The van der Waals surface area contributed by atoms with E-state index in [0.29, 0.717) is 22.9 Å². The number of benzene rings is 4. The molecule has 0 saturated carbocycles. The fraction of sp³-hybridized carbons (Fsp3) is 0.257. The lowest BCUT2D eigenvalue weighted by Crippen LogP contribution is -2.53. The van der Waals surface area contributed by atoms with Crippen molar-refractivity contribution < 1.29 is 22.7 Å². The predicted octanol–water partition coefficient (Wildman–Crippen LogP) is 6.75. The Bertz CT molecular complexity index is 1720. The van der Waals surface area contributed by atoms with Crippen LogP contribution in [0.2, 0.25) is 10.0 Å². The Morgan fingerprint density at radius 3 is 2.20 bits per heavy atom. The summed E-state index contributed by atoms with van der Waals surface area (Å²) in [6, 6.07) is 27.8. The minimum Gasteiger partial charge on any atom is -0.497 e. The smallest absolute Gasteiger partial charge is 0.264 e. The highest BCUT2D eigenvalue weighted by Gasteiger charge is 2.35. The van der Waals surface area contributed by atoms with Crippen LogP contribution in [0.1, 0.15) is 30.9 Å². The van der Waals surface area contributed by atoms with Gasteiger partial charge in [-0.1, -0.05) is 97.2 Å². The van der Waals surface area contributed by atoms with Gasteiger partial charge in [0.25, 0.3) is 10.0 Å². The Morgan fingerprint density at radius 2 is 1.54 bits per heavy atom. The average Bonchev–Trinajstić information content (AvgIpc) is 3.06. The second-order valence-electron chi connectivity index (χ2n) is 10.6. The van der Waals surface area contributed by atoms with E-state index in [4.69, 9.17) is 27.9 Å². The number of nitrogens with zero attached hydrogens (tertiary/aromatic N) is 2. The molecule has 11 heteroatoms. The Labute approximate surface area is 280 Å². The van der Waals surface area contributed by atoms with Crippen LogP contribution in [0.3, 0.4) is 0 Å². The van der Waals surface area contributed by atoms with Crippen molar-refractivity contribution >= 4 is 50.7 Å². The van der Waals surface area contributed by atoms with Crippen LogP contribution in [-0.2, 0) is 32.6 Å². The average molecular weight is 683 g/mol. The molecule has 2 amide bonds. The van der Waals surface area contributed by atoms with E-state index in [1.165, 1.54) is 35.2 Å². The summed E-state index contributed by atoms with van der Waals surface area (Å²) < 4.78 is 34.6. The zero-order chi connectivity index (χ0) is 33.1. The monoisotopic (exact) mass is 681 g/mol. The fourth-order valence-corrected chi connectivity index (χ4v) is 6.96. The minimum atomic E-state index is -4.29. The lowest BCUT2D eigenvalue weighted by atomic mass is 10.0. The third-order valence-electron chi connectivity index (χ3n) is 7.38. The molecule has 0 heterocycles. The summed E-state index contributed by atoms with van der Waals surface area (Å²) in [5, 5.41) is 3.34. The van der Waals surface area contributed by atoms with Gasteiger partial charge in [0.15, 0.2) is 0 Å². The van der Waals surface area contributed by atoms with E-state index in [-0.39, 0.29) is 34.5 Å². The van der Waals surface area contributed by atoms with Crippen molar-refractivity contribution in [3.8, 4) is 5.75 Å². The minimum absolute atomic E-state index is 0.0162. The summed E-state index contributed by atoms with van der Waals surface area (Å²) in [5.74, 6) is -0.353. The third kappa shape index (κ3) is 9.02. The number of ether oxygens (including phenoxy) is 1. The molecular weight excluding hydrogens is 645 g/mol. The van der Waals surface area contributed by atoms with Gasteiger partial charge < -0.3 is 15.0 Å². The standard InChI is InChI=1S/C35H37Cl2N3O5S/c1-3-4-20-38-35(42)33(22-26-12-7-5-8-13-26)39(24-27-14-11-15-29(21-27)45-2)34(41)25-40(32-19-18-28(36)23-31(32)37)46(43,44)30-16-9-6-10-17-30/h5-19,21,23,33H,3-4,20,22,24-25H2,1-2H3,(H,38,42).